The first-order valence-electron chi connectivity index (χ1n) is 13.3. The number of nitrogens with zero attached hydrogens (tertiary/aromatic N) is 6. The molecule has 3 heterocycles. The zero-order valence-electron chi connectivity index (χ0n) is 21.3. The Morgan fingerprint density at radius 2 is 1.23 bits per heavy atom. The number of hydrogen-bond acceptors (Lipinski definition) is 9. The van der Waals surface area contributed by atoms with Gasteiger partial charge in [0.15, 0.2) is 5.60 Å². The van der Waals surface area contributed by atoms with Gasteiger partial charge in [0.1, 0.15) is 56.0 Å². The highest BCUT2D eigenvalue weighted by Crippen LogP contribution is 2.56. The predicted octanol–water partition coefficient (Wildman–Crippen LogP) is 7.64. The van der Waals surface area contributed by atoms with Crippen molar-refractivity contribution in [2.24, 2.45) is 0 Å². The summed E-state index contributed by atoms with van der Waals surface area (Å²) in [5.41, 5.74) is 4.54. The van der Waals surface area contributed by atoms with Crippen molar-refractivity contribution in [3.05, 3.63) is 50.2 Å². The maximum atomic E-state index is 9.39. The van der Waals surface area contributed by atoms with Gasteiger partial charge in [-0.1, -0.05) is 18.6 Å². The maximum absolute atomic E-state index is 9.39. The van der Waals surface area contributed by atoms with Gasteiger partial charge in [0.2, 0.25) is 5.88 Å². The van der Waals surface area contributed by atoms with Crippen molar-refractivity contribution >= 4 is 33.8 Å². The van der Waals surface area contributed by atoms with Crippen LogP contribution in [0.2, 0.25) is 0 Å². The van der Waals surface area contributed by atoms with E-state index in [2.05, 4.69) is 0 Å². The average Bonchev–Trinajstić information content (AvgIpc) is 3.61. The van der Waals surface area contributed by atoms with Crippen LogP contribution in [0.15, 0.2) is 34.4 Å². The number of nitriles is 4. The lowest BCUT2D eigenvalue weighted by Crippen LogP contribution is -2.38. The van der Waals surface area contributed by atoms with Gasteiger partial charge in [-0.2, -0.15) is 21.0 Å². The highest BCUT2D eigenvalue weighted by molar-refractivity contribution is 7.23. The Morgan fingerprint density at radius 3 is 1.79 bits per heavy atom. The third kappa shape index (κ3) is 4.39. The summed E-state index contributed by atoms with van der Waals surface area (Å²) in [6.45, 7) is 0. The van der Waals surface area contributed by atoms with Gasteiger partial charge in [0.05, 0.1) is 4.88 Å². The van der Waals surface area contributed by atoms with Crippen molar-refractivity contribution in [3.63, 3.8) is 0 Å². The van der Waals surface area contributed by atoms with Gasteiger partial charge in [-0.15, -0.1) is 22.7 Å². The van der Waals surface area contributed by atoms with Gasteiger partial charge in [0, 0.05) is 0 Å². The van der Waals surface area contributed by atoms with E-state index in [0.29, 0.717) is 5.88 Å². The van der Waals surface area contributed by atoms with Gasteiger partial charge >= 0.3 is 0 Å². The second-order valence-electron chi connectivity index (χ2n) is 10.3. The van der Waals surface area contributed by atoms with Crippen molar-refractivity contribution in [2.75, 3.05) is 0 Å². The Hall–Kier alpha value is -4.02. The summed E-state index contributed by atoms with van der Waals surface area (Å²) in [6, 6.07) is 8.13. The lowest BCUT2D eigenvalue weighted by Gasteiger charge is -2.38. The van der Waals surface area contributed by atoms with E-state index >= 15 is 0 Å². The summed E-state index contributed by atoms with van der Waals surface area (Å²) >= 11 is 3.26. The van der Waals surface area contributed by atoms with Crippen LogP contribution in [0, 0.1) is 45.3 Å². The monoisotopic (exact) mass is 548 g/mol. The number of thiazole rings is 2. The smallest absolute Gasteiger partial charge is 0.235 e. The molecular formula is C30H24N6OS2. The zero-order valence-corrected chi connectivity index (χ0v) is 23.0. The summed E-state index contributed by atoms with van der Waals surface area (Å²) in [7, 11) is 0. The lowest BCUT2D eigenvalue weighted by molar-refractivity contribution is 0.0167. The number of hydrogen-bond donors (Lipinski definition) is 0. The van der Waals surface area contributed by atoms with Gasteiger partial charge < -0.3 is 4.74 Å². The Labute approximate surface area is 235 Å². The minimum Gasteiger partial charge on any atom is -0.463 e. The molecule has 39 heavy (non-hydrogen) atoms. The molecule has 9 heteroatoms. The van der Waals surface area contributed by atoms with Crippen LogP contribution in [0.4, 0.5) is 0 Å². The molecule has 0 bridgehead atoms. The molecule has 0 amide bonds. The van der Waals surface area contributed by atoms with Gasteiger partial charge in [-0.05, 0) is 86.5 Å². The zero-order chi connectivity index (χ0) is 27.0. The molecule has 1 spiro atoms. The number of fused-ring (bicyclic) bond motifs is 4. The summed E-state index contributed by atoms with van der Waals surface area (Å²) in [5, 5.41) is 39.3. The van der Waals surface area contributed by atoms with Crippen molar-refractivity contribution in [1.29, 1.82) is 21.0 Å². The Kier molecular flexibility index (Phi) is 6.66. The van der Waals surface area contributed by atoms with Crippen LogP contribution in [0.1, 0.15) is 86.3 Å². The number of rotatable bonds is 2. The fourth-order valence-electron chi connectivity index (χ4n) is 5.99. The largest absolute Gasteiger partial charge is 0.463 e. The van der Waals surface area contributed by atoms with E-state index in [0.717, 1.165) is 112 Å². The highest BCUT2D eigenvalue weighted by Gasteiger charge is 2.46. The van der Waals surface area contributed by atoms with Gasteiger partial charge in [0.25, 0.3) is 0 Å². The molecule has 1 saturated carbocycles. The van der Waals surface area contributed by atoms with E-state index in [1.807, 2.05) is 36.4 Å². The maximum Gasteiger partial charge on any atom is 0.235 e. The molecule has 0 aromatic carbocycles. The van der Waals surface area contributed by atoms with Crippen molar-refractivity contribution in [3.8, 4) is 39.9 Å². The molecule has 0 N–H and O–H groups in total. The molecule has 2 aromatic rings. The summed E-state index contributed by atoms with van der Waals surface area (Å²) in [6.07, 6.45) is 14.0. The highest BCUT2D eigenvalue weighted by atomic mass is 32.1. The van der Waals surface area contributed by atoms with E-state index < -0.39 is 5.60 Å². The van der Waals surface area contributed by atoms with Crippen LogP contribution in [-0.2, 0) is 5.60 Å². The predicted molar refractivity (Wildman–Crippen MR) is 149 cm³/mol. The van der Waals surface area contributed by atoms with Crippen LogP contribution >= 0.6 is 22.7 Å². The molecular weight excluding hydrogens is 525 g/mol. The third-order valence-electron chi connectivity index (χ3n) is 7.93. The standard InChI is InChI=1S/C30H24N6OS2/c31-14-22(15-32)18-6-4-8-20(12-18)28-35-26-24(38-28)25-27(37-30(26)10-2-1-3-11-30)36-29(39-25)21-9-5-7-19(13-21)23(16-33)17-34/h12-13H,1-11H2. The van der Waals surface area contributed by atoms with E-state index in [1.165, 1.54) is 6.42 Å². The molecule has 0 saturated heterocycles. The fourth-order valence-corrected chi connectivity index (χ4v) is 8.35. The minimum atomic E-state index is -0.486. The molecule has 0 unspecified atom stereocenters. The van der Waals surface area contributed by atoms with Crippen molar-refractivity contribution in [1.82, 2.24) is 9.97 Å². The van der Waals surface area contributed by atoms with Gasteiger partial charge in [-0.25, -0.2) is 9.97 Å². The first-order valence-corrected chi connectivity index (χ1v) is 14.9. The molecule has 1 aliphatic heterocycles. The number of ether oxygens (including phenoxy) is 1. The van der Waals surface area contributed by atoms with Crippen LogP contribution in [0.3, 0.4) is 0 Å². The Bertz CT molecular complexity index is 1630. The number of aromatic nitrogens is 2. The topological polar surface area (TPSA) is 130 Å². The Balaban J connectivity index is 1.47. The van der Waals surface area contributed by atoms with Gasteiger partial charge in [-0.3, -0.25) is 0 Å². The van der Waals surface area contributed by atoms with Crippen LogP contribution in [0.25, 0.3) is 20.9 Å². The van der Waals surface area contributed by atoms with E-state index in [9.17, 15) is 21.0 Å². The van der Waals surface area contributed by atoms with Crippen LogP contribution in [-0.4, -0.2) is 9.97 Å². The molecule has 192 valence electrons. The summed E-state index contributed by atoms with van der Waals surface area (Å²) in [4.78, 5) is 12.3. The normalized spacial score (nSPS) is 19.2. The Morgan fingerprint density at radius 1 is 0.692 bits per heavy atom. The second kappa shape index (κ2) is 10.3. The molecule has 6 rings (SSSR count). The third-order valence-corrected chi connectivity index (χ3v) is 10.3. The second-order valence-corrected chi connectivity index (χ2v) is 12.3. The van der Waals surface area contributed by atoms with E-state index in [1.54, 1.807) is 22.7 Å². The lowest BCUT2D eigenvalue weighted by atomic mass is 9.80. The summed E-state index contributed by atoms with van der Waals surface area (Å²) < 4.78 is 6.75. The van der Waals surface area contributed by atoms with Crippen molar-refractivity contribution < 1.29 is 4.74 Å². The fraction of sp³-hybridized carbons (Fsp3) is 0.400. The molecule has 1 fully saturated rings. The molecule has 7 nitrogen and oxygen atoms in total. The van der Waals surface area contributed by atoms with Crippen LogP contribution in [0.5, 0.6) is 5.88 Å². The molecule has 0 radical (unpaired) electrons. The van der Waals surface area contributed by atoms with E-state index in [4.69, 9.17) is 14.7 Å². The number of allylic oxidation sites excluding steroid dienone is 8. The molecule has 2 aromatic heterocycles. The van der Waals surface area contributed by atoms with Crippen molar-refractivity contribution in [2.45, 2.75) is 76.2 Å². The quantitative estimate of drug-likeness (QED) is 0.352. The SMILES string of the molecule is N#CC(C#N)=C1C=C(c2nc3c(s2)-c2sc(C4=CC(=C(C#N)C#N)CCC4)nc2C2(CCCCC2)O3)CCC1. The van der Waals surface area contributed by atoms with E-state index in [-0.39, 0.29) is 11.1 Å². The summed E-state index contributed by atoms with van der Waals surface area (Å²) in [5.74, 6) is 0.659. The minimum absolute atomic E-state index is 0.172. The molecule has 4 aliphatic rings. The first kappa shape index (κ1) is 25.3. The van der Waals surface area contributed by atoms with Crippen LogP contribution < -0.4 is 4.74 Å². The average molecular weight is 549 g/mol. The first-order chi connectivity index (χ1) is 19.1. The molecule has 3 aliphatic carbocycles. The molecule has 0 atom stereocenters.